The number of para-hydroxylation sites is 1. The van der Waals surface area contributed by atoms with Gasteiger partial charge in [0.15, 0.2) is 0 Å². The van der Waals surface area contributed by atoms with E-state index in [1.54, 1.807) is 0 Å². The van der Waals surface area contributed by atoms with Crippen molar-refractivity contribution in [2.24, 2.45) is 0 Å². The molecule has 0 unspecified atom stereocenters. The van der Waals surface area contributed by atoms with E-state index in [9.17, 15) is 0 Å². The van der Waals surface area contributed by atoms with Gasteiger partial charge in [0, 0.05) is 20.7 Å². The smallest absolute Gasteiger partial charge is 0.135 e. The first-order chi connectivity index (χ1) is 19.8. The topological polar surface area (TPSA) is 9.23 Å². The molecule has 0 N–H and O–H groups in total. The van der Waals surface area contributed by atoms with Crippen molar-refractivity contribution in [1.82, 2.24) is 0 Å². The van der Waals surface area contributed by atoms with E-state index in [1.807, 2.05) is 23.5 Å². The summed E-state index contributed by atoms with van der Waals surface area (Å²) in [6.07, 6.45) is 0. The first-order valence-electron chi connectivity index (χ1n) is 13.5. The third kappa shape index (κ3) is 3.77. The normalized spacial score (nSPS) is 11.7. The van der Waals surface area contributed by atoms with Crippen molar-refractivity contribution in [2.45, 2.75) is 0 Å². The van der Waals surface area contributed by atoms with Crippen LogP contribution in [0.15, 0.2) is 146 Å². The first-order valence-corrected chi connectivity index (χ1v) is 14.3. The van der Waals surface area contributed by atoms with Gasteiger partial charge < -0.3 is 4.74 Å². The van der Waals surface area contributed by atoms with Crippen molar-refractivity contribution in [3.63, 3.8) is 0 Å². The van der Waals surface area contributed by atoms with E-state index in [4.69, 9.17) is 4.74 Å². The van der Waals surface area contributed by atoms with Crippen LogP contribution in [0.2, 0.25) is 0 Å². The van der Waals surface area contributed by atoms with Crippen molar-refractivity contribution in [1.29, 1.82) is 0 Å². The summed E-state index contributed by atoms with van der Waals surface area (Å²) in [5, 5.41) is 2.41. The number of thiophene rings is 1. The van der Waals surface area contributed by atoms with Gasteiger partial charge in [-0.3, -0.25) is 0 Å². The first kappa shape index (κ1) is 23.0. The molecule has 0 atom stereocenters. The van der Waals surface area contributed by atoms with Crippen molar-refractivity contribution in [2.75, 3.05) is 0 Å². The van der Waals surface area contributed by atoms with Crippen LogP contribution in [-0.4, -0.2) is 0 Å². The van der Waals surface area contributed by atoms with Gasteiger partial charge in [0.2, 0.25) is 0 Å². The number of benzene rings is 6. The molecule has 0 bridgehead atoms. The molecule has 7 aromatic rings. The lowest BCUT2D eigenvalue weighted by Crippen LogP contribution is -1.97. The molecule has 1 aromatic heterocycles. The fourth-order valence-corrected chi connectivity index (χ4v) is 6.93. The van der Waals surface area contributed by atoms with Gasteiger partial charge in [-0.1, -0.05) is 115 Å². The Balaban J connectivity index is 1.20. The number of ether oxygens (including phenoxy) is 1. The summed E-state index contributed by atoms with van der Waals surface area (Å²) in [4.78, 5) is 2.52. The Morgan fingerprint density at radius 3 is 1.80 bits per heavy atom. The highest BCUT2D eigenvalue weighted by Crippen LogP contribution is 2.49. The molecule has 0 fully saturated rings. The van der Waals surface area contributed by atoms with E-state index >= 15 is 0 Å². The SMILES string of the molecule is c1ccc(-c2ccc(-c3ccccc3-c3ccc(-c4ccc5c6c(cccc46)-c4ccccc4O5)s3)cc2)cc1. The van der Waals surface area contributed by atoms with Crippen LogP contribution in [0.4, 0.5) is 0 Å². The van der Waals surface area contributed by atoms with Gasteiger partial charge in [-0.2, -0.15) is 0 Å². The molecule has 0 amide bonds. The van der Waals surface area contributed by atoms with Gasteiger partial charge >= 0.3 is 0 Å². The summed E-state index contributed by atoms with van der Waals surface area (Å²) < 4.78 is 6.32. The Morgan fingerprint density at radius 2 is 0.975 bits per heavy atom. The summed E-state index contributed by atoms with van der Waals surface area (Å²) >= 11 is 1.84. The monoisotopic (exact) mass is 528 g/mol. The lowest BCUT2D eigenvalue weighted by atomic mass is 9.92. The second kappa shape index (κ2) is 9.37. The third-order valence-electron chi connectivity index (χ3n) is 7.77. The molecule has 0 spiro atoms. The molecule has 2 heterocycles. The maximum Gasteiger partial charge on any atom is 0.135 e. The summed E-state index contributed by atoms with van der Waals surface area (Å²) in [6.45, 7) is 0. The highest BCUT2D eigenvalue weighted by molar-refractivity contribution is 7.19. The van der Waals surface area contributed by atoms with Crippen LogP contribution < -0.4 is 4.74 Å². The summed E-state index contributed by atoms with van der Waals surface area (Å²) in [7, 11) is 0. The molecular formula is C38H24OS. The molecule has 188 valence electrons. The Hall–Kier alpha value is -4.92. The summed E-state index contributed by atoms with van der Waals surface area (Å²) in [5.41, 5.74) is 9.82. The predicted molar refractivity (Wildman–Crippen MR) is 169 cm³/mol. The number of fused-ring (bicyclic) bond motifs is 2. The minimum absolute atomic E-state index is 0.919. The van der Waals surface area contributed by atoms with Crippen LogP contribution in [-0.2, 0) is 0 Å². The molecule has 0 saturated carbocycles. The highest BCUT2D eigenvalue weighted by Gasteiger charge is 2.21. The quantitative estimate of drug-likeness (QED) is 0.221. The van der Waals surface area contributed by atoms with Crippen molar-refractivity contribution >= 4 is 22.1 Å². The van der Waals surface area contributed by atoms with Crippen molar-refractivity contribution in [3.05, 3.63) is 146 Å². The van der Waals surface area contributed by atoms with E-state index in [0.717, 1.165) is 17.1 Å². The molecule has 0 radical (unpaired) electrons. The third-order valence-corrected chi connectivity index (χ3v) is 8.92. The molecule has 1 nitrogen and oxygen atoms in total. The largest absolute Gasteiger partial charge is 0.456 e. The van der Waals surface area contributed by atoms with Gasteiger partial charge in [-0.25, -0.2) is 0 Å². The summed E-state index contributed by atoms with van der Waals surface area (Å²) in [5.74, 6) is 1.84. The summed E-state index contributed by atoms with van der Waals surface area (Å²) in [6, 6.07) is 51.9. The number of hydrogen-bond acceptors (Lipinski definition) is 2. The molecule has 0 saturated heterocycles. The zero-order chi connectivity index (χ0) is 26.5. The van der Waals surface area contributed by atoms with E-state index < -0.39 is 0 Å². The zero-order valence-corrected chi connectivity index (χ0v) is 22.5. The average Bonchev–Trinajstić information content (AvgIpc) is 3.52. The zero-order valence-electron chi connectivity index (χ0n) is 21.7. The van der Waals surface area contributed by atoms with Gasteiger partial charge in [0.25, 0.3) is 0 Å². The molecule has 6 aromatic carbocycles. The Morgan fingerprint density at radius 1 is 0.350 bits per heavy atom. The van der Waals surface area contributed by atoms with Crippen LogP contribution in [0.1, 0.15) is 0 Å². The van der Waals surface area contributed by atoms with Gasteiger partial charge in [-0.15, -0.1) is 11.3 Å². The fraction of sp³-hybridized carbons (Fsp3) is 0. The molecular weight excluding hydrogens is 504 g/mol. The van der Waals surface area contributed by atoms with Gasteiger partial charge in [0.05, 0.1) is 0 Å². The molecule has 1 aliphatic heterocycles. The minimum Gasteiger partial charge on any atom is -0.456 e. The Bertz CT molecular complexity index is 2020. The maximum atomic E-state index is 6.32. The van der Waals surface area contributed by atoms with Crippen LogP contribution >= 0.6 is 11.3 Å². The van der Waals surface area contributed by atoms with Crippen LogP contribution in [0.5, 0.6) is 11.5 Å². The Labute approximate surface area is 237 Å². The van der Waals surface area contributed by atoms with Gasteiger partial charge in [-0.05, 0) is 74.7 Å². The molecule has 40 heavy (non-hydrogen) atoms. The van der Waals surface area contributed by atoms with E-state index in [1.165, 1.54) is 59.5 Å². The second-order valence-electron chi connectivity index (χ2n) is 10.1. The lowest BCUT2D eigenvalue weighted by molar-refractivity contribution is 0.487. The average molecular weight is 529 g/mol. The van der Waals surface area contributed by atoms with Gasteiger partial charge in [0.1, 0.15) is 11.5 Å². The van der Waals surface area contributed by atoms with Crippen LogP contribution in [0.3, 0.4) is 0 Å². The molecule has 8 rings (SSSR count). The maximum absolute atomic E-state index is 6.32. The molecule has 0 aliphatic carbocycles. The van der Waals surface area contributed by atoms with Crippen molar-refractivity contribution < 1.29 is 4.74 Å². The van der Waals surface area contributed by atoms with Crippen molar-refractivity contribution in [3.8, 4) is 65.8 Å². The Kier molecular flexibility index (Phi) is 5.39. The van der Waals surface area contributed by atoms with E-state index in [0.29, 0.717) is 0 Å². The molecule has 2 heteroatoms. The number of rotatable bonds is 4. The van der Waals surface area contributed by atoms with Crippen LogP contribution in [0.25, 0.3) is 65.0 Å². The standard InChI is InChI=1S/C38H24OS/c1-2-9-25(10-3-1)26-17-19-27(20-18-26)28-11-4-5-13-30(28)36-23-24-37(40-36)31-21-22-35-38-32(14-8-15-33(31)38)29-12-6-7-16-34(29)39-35/h1-24H. The highest BCUT2D eigenvalue weighted by atomic mass is 32.1. The minimum atomic E-state index is 0.919. The van der Waals surface area contributed by atoms with E-state index in [2.05, 4.69) is 133 Å². The van der Waals surface area contributed by atoms with E-state index in [-0.39, 0.29) is 0 Å². The number of hydrogen-bond donors (Lipinski definition) is 0. The second-order valence-corrected chi connectivity index (χ2v) is 11.2. The lowest BCUT2D eigenvalue weighted by Gasteiger charge is -2.22. The fourth-order valence-electron chi connectivity index (χ4n) is 5.85. The van der Waals surface area contributed by atoms with Crippen LogP contribution in [0, 0.1) is 0 Å². The molecule has 1 aliphatic rings. The predicted octanol–water partition coefficient (Wildman–Crippen LogP) is 11.3.